The third kappa shape index (κ3) is 3.93. The Hall–Kier alpha value is -0.660. The second kappa shape index (κ2) is 6.49. The van der Waals surface area contributed by atoms with Crippen molar-refractivity contribution in [2.45, 2.75) is 31.9 Å². The van der Waals surface area contributed by atoms with Crippen LogP contribution in [0.5, 0.6) is 0 Å². The number of rotatable bonds is 5. The van der Waals surface area contributed by atoms with Gasteiger partial charge in [-0.05, 0) is 25.7 Å². The maximum absolute atomic E-state index is 12.1. The van der Waals surface area contributed by atoms with E-state index in [1.165, 1.54) is 11.2 Å². The minimum Gasteiger partial charge on any atom is -0.356 e. The molecule has 1 fully saturated rings. The molecule has 0 aliphatic carbocycles. The Bertz CT molecular complexity index is 375. The molecule has 0 saturated carbocycles. The van der Waals surface area contributed by atoms with Crippen LogP contribution in [0, 0.1) is 5.92 Å². The van der Waals surface area contributed by atoms with E-state index in [9.17, 15) is 13.2 Å². The van der Waals surface area contributed by atoms with Crippen LogP contribution in [-0.4, -0.2) is 50.1 Å². The first-order valence-corrected chi connectivity index (χ1v) is 7.81. The zero-order valence-corrected chi connectivity index (χ0v) is 11.9. The van der Waals surface area contributed by atoms with Crippen LogP contribution in [-0.2, 0) is 14.8 Å². The molecule has 3 N–H and O–H groups in total. The normalized spacial score (nSPS) is 20.6. The van der Waals surface area contributed by atoms with E-state index in [1.54, 1.807) is 6.92 Å². The summed E-state index contributed by atoms with van der Waals surface area (Å²) in [6.45, 7) is 4.96. The smallest absolute Gasteiger partial charge is 0.217 e. The molecular formula is C11H23N3O3S. The summed E-state index contributed by atoms with van der Waals surface area (Å²) in [5.74, 6) is 0.329. The third-order valence-corrected chi connectivity index (χ3v) is 5.71. The number of amides is 1. The number of piperidine rings is 1. The van der Waals surface area contributed by atoms with Gasteiger partial charge in [-0.1, -0.05) is 0 Å². The van der Waals surface area contributed by atoms with E-state index in [0.717, 1.165) is 12.8 Å². The van der Waals surface area contributed by atoms with Crippen LogP contribution >= 0.6 is 0 Å². The number of hydrogen-bond acceptors (Lipinski definition) is 4. The lowest BCUT2D eigenvalue weighted by molar-refractivity contribution is -0.119. The van der Waals surface area contributed by atoms with Gasteiger partial charge in [0.05, 0.1) is 5.25 Å². The lowest BCUT2D eigenvalue weighted by Crippen LogP contribution is -2.46. The van der Waals surface area contributed by atoms with E-state index in [-0.39, 0.29) is 12.5 Å². The van der Waals surface area contributed by atoms with Crippen molar-refractivity contribution >= 4 is 15.9 Å². The van der Waals surface area contributed by atoms with Gasteiger partial charge in [-0.3, -0.25) is 4.79 Å². The lowest BCUT2D eigenvalue weighted by atomic mass is 9.98. The van der Waals surface area contributed by atoms with Crippen LogP contribution in [0.3, 0.4) is 0 Å². The molecule has 18 heavy (non-hydrogen) atoms. The van der Waals surface area contributed by atoms with Gasteiger partial charge in [0, 0.05) is 33.1 Å². The zero-order chi connectivity index (χ0) is 13.8. The van der Waals surface area contributed by atoms with Gasteiger partial charge in [-0.15, -0.1) is 0 Å². The van der Waals surface area contributed by atoms with Gasteiger partial charge >= 0.3 is 0 Å². The fourth-order valence-electron chi connectivity index (χ4n) is 2.03. The van der Waals surface area contributed by atoms with Crippen molar-refractivity contribution in [1.82, 2.24) is 9.62 Å². The van der Waals surface area contributed by atoms with Crippen molar-refractivity contribution in [1.29, 1.82) is 0 Å². The van der Waals surface area contributed by atoms with Crippen molar-refractivity contribution in [2.24, 2.45) is 11.7 Å². The SMILES string of the molecule is CC(=O)NCC1CCN(S(=O)(=O)C(C)CN)CC1. The molecule has 1 aliphatic rings. The maximum Gasteiger partial charge on any atom is 0.217 e. The third-order valence-electron chi connectivity index (χ3n) is 3.41. The molecule has 0 aromatic rings. The Morgan fingerprint density at radius 2 is 2.00 bits per heavy atom. The maximum atomic E-state index is 12.1. The summed E-state index contributed by atoms with van der Waals surface area (Å²) < 4.78 is 25.7. The van der Waals surface area contributed by atoms with Gasteiger partial charge in [0.25, 0.3) is 0 Å². The van der Waals surface area contributed by atoms with E-state index in [4.69, 9.17) is 5.73 Å². The van der Waals surface area contributed by atoms with Gasteiger partial charge in [-0.25, -0.2) is 12.7 Å². The fraction of sp³-hybridized carbons (Fsp3) is 0.909. The first kappa shape index (κ1) is 15.4. The van der Waals surface area contributed by atoms with Crippen molar-refractivity contribution in [3.8, 4) is 0 Å². The highest BCUT2D eigenvalue weighted by molar-refractivity contribution is 7.89. The van der Waals surface area contributed by atoms with E-state index in [0.29, 0.717) is 25.6 Å². The molecular weight excluding hydrogens is 254 g/mol. The molecule has 0 bridgehead atoms. The number of nitrogens with zero attached hydrogens (tertiary/aromatic N) is 1. The minimum atomic E-state index is -3.25. The molecule has 6 nitrogen and oxygen atoms in total. The van der Waals surface area contributed by atoms with Crippen molar-refractivity contribution in [2.75, 3.05) is 26.2 Å². The molecule has 1 unspecified atom stereocenters. The van der Waals surface area contributed by atoms with E-state index >= 15 is 0 Å². The first-order chi connectivity index (χ1) is 8.37. The summed E-state index contributed by atoms with van der Waals surface area (Å²) in [4.78, 5) is 10.8. The average molecular weight is 277 g/mol. The highest BCUT2D eigenvalue weighted by Gasteiger charge is 2.31. The van der Waals surface area contributed by atoms with Gasteiger partial charge in [0.1, 0.15) is 0 Å². The lowest BCUT2D eigenvalue weighted by Gasteiger charge is -2.32. The molecule has 1 saturated heterocycles. The molecule has 1 heterocycles. The first-order valence-electron chi connectivity index (χ1n) is 6.31. The number of nitrogens with two attached hydrogens (primary N) is 1. The monoisotopic (exact) mass is 277 g/mol. The fourth-order valence-corrected chi connectivity index (χ4v) is 3.50. The van der Waals surface area contributed by atoms with Crippen LogP contribution in [0.1, 0.15) is 26.7 Å². The molecule has 106 valence electrons. The Labute approximate surface area is 109 Å². The van der Waals surface area contributed by atoms with Crippen LogP contribution < -0.4 is 11.1 Å². The quantitative estimate of drug-likeness (QED) is 0.709. The zero-order valence-electron chi connectivity index (χ0n) is 11.1. The van der Waals surface area contributed by atoms with Crippen molar-refractivity contribution < 1.29 is 13.2 Å². The summed E-state index contributed by atoms with van der Waals surface area (Å²) in [5.41, 5.74) is 5.42. The minimum absolute atomic E-state index is 0.0400. The Balaban J connectivity index is 2.46. The van der Waals surface area contributed by atoms with Gasteiger partial charge in [0.15, 0.2) is 0 Å². The second-order valence-corrected chi connectivity index (χ2v) is 7.22. The topological polar surface area (TPSA) is 92.5 Å². The molecule has 0 radical (unpaired) electrons. The predicted molar refractivity (Wildman–Crippen MR) is 70.4 cm³/mol. The van der Waals surface area contributed by atoms with Crippen molar-refractivity contribution in [3.05, 3.63) is 0 Å². The number of carbonyl (C=O) groups excluding carboxylic acids is 1. The Morgan fingerprint density at radius 3 is 2.44 bits per heavy atom. The summed E-state index contributed by atoms with van der Waals surface area (Å²) in [7, 11) is -3.25. The van der Waals surface area contributed by atoms with Crippen LogP contribution in [0.15, 0.2) is 0 Å². The number of nitrogens with one attached hydrogen (secondary N) is 1. The standard InChI is InChI=1S/C11H23N3O3S/c1-9(7-12)18(16,17)14-5-3-11(4-6-14)8-13-10(2)15/h9,11H,3-8,12H2,1-2H3,(H,13,15). The molecule has 0 aromatic carbocycles. The molecule has 1 rings (SSSR count). The number of sulfonamides is 1. The van der Waals surface area contributed by atoms with Crippen LogP contribution in [0.2, 0.25) is 0 Å². The van der Waals surface area contributed by atoms with Gasteiger partial charge < -0.3 is 11.1 Å². The van der Waals surface area contributed by atoms with E-state index in [1.807, 2.05) is 0 Å². The molecule has 1 amide bonds. The molecule has 1 atom stereocenters. The average Bonchev–Trinajstić information content (AvgIpc) is 2.35. The Morgan fingerprint density at radius 1 is 1.44 bits per heavy atom. The molecule has 1 aliphatic heterocycles. The Kier molecular flexibility index (Phi) is 5.55. The van der Waals surface area contributed by atoms with Gasteiger partial charge in [0.2, 0.25) is 15.9 Å². The van der Waals surface area contributed by atoms with E-state index < -0.39 is 15.3 Å². The summed E-state index contributed by atoms with van der Waals surface area (Å²) in [6, 6.07) is 0. The number of carbonyl (C=O) groups is 1. The molecule has 0 spiro atoms. The molecule has 0 aromatic heterocycles. The predicted octanol–water partition coefficient (Wildman–Crippen LogP) is -0.488. The highest BCUT2D eigenvalue weighted by Crippen LogP contribution is 2.20. The summed E-state index contributed by atoms with van der Waals surface area (Å²) in [5, 5.41) is 2.25. The largest absolute Gasteiger partial charge is 0.356 e. The summed E-state index contributed by atoms with van der Waals surface area (Å²) in [6.07, 6.45) is 1.58. The van der Waals surface area contributed by atoms with E-state index in [2.05, 4.69) is 5.32 Å². The summed E-state index contributed by atoms with van der Waals surface area (Å²) >= 11 is 0. The van der Waals surface area contributed by atoms with Gasteiger partial charge in [-0.2, -0.15) is 0 Å². The second-order valence-electron chi connectivity index (χ2n) is 4.87. The van der Waals surface area contributed by atoms with Crippen LogP contribution in [0.4, 0.5) is 0 Å². The highest BCUT2D eigenvalue weighted by atomic mass is 32.2. The number of hydrogen-bond donors (Lipinski definition) is 2. The molecule has 7 heteroatoms. The van der Waals surface area contributed by atoms with Crippen LogP contribution in [0.25, 0.3) is 0 Å². The van der Waals surface area contributed by atoms with Crippen molar-refractivity contribution in [3.63, 3.8) is 0 Å².